The van der Waals surface area contributed by atoms with Crippen molar-refractivity contribution >= 4 is 22.9 Å². The molecule has 3 rings (SSSR count). The number of aromatic nitrogens is 2. The van der Waals surface area contributed by atoms with E-state index in [9.17, 15) is 0 Å². The molecule has 0 amide bonds. The fourth-order valence-corrected chi connectivity index (χ4v) is 3.25. The minimum atomic E-state index is 0.841. The van der Waals surface area contributed by atoms with Crippen molar-refractivity contribution in [1.82, 2.24) is 14.9 Å². The SMILES string of the molecule is Clc1ccc(CNCCn2ccnc2-c2ccccc2)s1. The van der Waals surface area contributed by atoms with Crippen LogP contribution in [-0.2, 0) is 13.1 Å². The topological polar surface area (TPSA) is 29.9 Å². The lowest BCUT2D eigenvalue weighted by atomic mass is 10.2. The zero-order chi connectivity index (χ0) is 14.5. The summed E-state index contributed by atoms with van der Waals surface area (Å²) in [4.78, 5) is 5.70. The molecular weight excluding hydrogens is 302 g/mol. The van der Waals surface area contributed by atoms with Crippen LogP contribution in [-0.4, -0.2) is 16.1 Å². The van der Waals surface area contributed by atoms with Crippen molar-refractivity contribution in [3.05, 3.63) is 64.1 Å². The van der Waals surface area contributed by atoms with E-state index < -0.39 is 0 Å². The summed E-state index contributed by atoms with van der Waals surface area (Å²) in [6, 6.07) is 14.3. The average molecular weight is 318 g/mol. The Morgan fingerprint density at radius 3 is 2.76 bits per heavy atom. The maximum absolute atomic E-state index is 5.92. The molecule has 0 unspecified atom stereocenters. The van der Waals surface area contributed by atoms with Gasteiger partial charge < -0.3 is 9.88 Å². The van der Waals surface area contributed by atoms with Crippen molar-refractivity contribution in [3.63, 3.8) is 0 Å². The second-order valence-corrected chi connectivity index (χ2v) is 6.49. The molecular formula is C16H16ClN3S. The highest BCUT2D eigenvalue weighted by Gasteiger charge is 2.04. The summed E-state index contributed by atoms with van der Waals surface area (Å²) >= 11 is 7.54. The van der Waals surface area contributed by atoms with Gasteiger partial charge in [-0.2, -0.15) is 0 Å². The monoisotopic (exact) mass is 317 g/mol. The van der Waals surface area contributed by atoms with Crippen LogP contribution in [0.5, 0.6) is 0 Å². The molecule has 21 heavy (non-hydrogen) atoms. The number of rotatable bonds is 6. The minimum Gasteiger partial charge on any atom is -0.330 e. The van der Waals surface area contributed by atoms with Crippen LogP contribution in [0.2, 0.25) is 4.34 Å². The predicted molar refractivity (Wildman–Crippen MR) is 88.7 cm³/mol. The Hall–Kier alpha value is -1.62. The van der Waals surface area contributed by atoms with Gasteiger partial charge in [0.1, 0.15) is 5.82 Å². The number of nitrogens with zero attached hydrogens (tertiary/aromatic N) is 2. The fourth-order valence-electron chi connectivity index (χ4n) is 2.20. The highest BCUT2D eigenvalue weighted by molar-refractivity contribution is 7.16. The number of thiophene rings is 1. The van der Waals surface area contributed by atoms with Crippen molar-refractivity contribution < 1.29 is 0 Å². The van der Waals surface area contributed by atoms with E-state index in [0.29, 0.717) is 0 Å². The van der Waals surface area contributed by atoms with Crippen LogP contribution in [0, 0.1) is 0 Å². The zero-order valence-electron chi connectivity index (χ0n) is 11.5. The molecule has 1 aromatic carbocycles. The molecule has 0 radical (unpaired) electrons. The molecule has 0 saturated heterocycles. The fraction of sp³-hybridized carbons (Fsp3) is 0.188. The van der Waals surface area contributed by atoms with Gasteiger partial charge in [-0.1, -0.05) is 41.9 Å². The van der Waals surface area contributed by atoms with Crippen molar-refractivity contribution in [2.45, 2.75) is 13.1 Å². The maximum atomic E-state index is 5.92. The van der Waals surface area contributed by atoms with E-state index in [1.54, 1.807) is 11.3 Å². The number of nitrogens with one attached hydrogen (secondary N) is 1. The molecule has 0 aliphatic heterocycles. The van der Waals surface area contributed by atoms with E-state index >= 15 is 0 Å². The van der Waals surface area contributed by atoms with Crippen LogP contribution in [0.4, 0.5) is 0 Å². The first-order valence-corrected chi connectivity index (χ1v) is 8.04. The maximum Gasteiger partial charge on any atom is 0.139 e. The highest BCUT2D eigenvalue weighted by Crippen LogP contribution is 2.21. The molecule has 0 aliphatic rings. The summed E-state index contributed by atoms with van der Waals surface area (Å²) in [5, 5.41) is 3.44. The Morgan fingerprint density at radius 2 is 2.00 bits per heavy atom. The highest BCUT2D eigenvalue weighted by atomic mass is 35.5. The molecule has 0 bridgehead atoms. The van der Waals surface area contributed by atoms with E-state index in [1.807, 2.05) is 36.7 Å². The van der Waals surface area contributed by atoms with E-state index in [4.69, 9.17) is 11.6 Å². The first kappa shape index (κ1) is 14.3. The first-order chi connectivity index (χ1) is 10.3. The first-order valence-electron chi connectivity index (χ1n) is 6.84. The molecule has 0 fully saturated rings. The van der Waals surface area contributed by atoms with Gasteiger partial charge >= 0.3 is 0 Å². The third-order valence-electron chi connectivity index (χ3n) is 3.21. The van der Waals surface area contributed by atoms with Gasteiger partial charge in [-0.3, -0.25) is 0 Å². The Balaban J connectivity index is 1.55. The summed E-state index contributed by atoms with van der Waals surface area (Å²) in [7, 11) is 0. The van der Waals surface area contributed by atoms with Gasteiger partial charge in [0, 0.05) is 42.5 Å². The molecule has 108 valence electrons. The van der Waals surface area contributed by atoms with Gasteiger partial charge in [0.15, 0.2) is 0 Å². The third-order valence-corrected chi connectivity index (χ3v) is 4.44. The third kappa shape index (κ3) is 3.73. The molecule has 0 saturated carbocycles. The van der Waals surface area contributed by atoms with Gasteiger partial charge in [0.05, 0.1) is 4.34 Å². The molecule has 5 heteroatoms. The molecule has 3 aromatic rings. The van der Waals surface area contributed by atoms with E-state index in [1.165, 1.54) is 4.88 Å². The summed E-state index contributed by atoms with van der Waals surface area (Å²) < 4.78 is 3.01. The second-order valence-electron chi connectivity index (χ2n) is 4.69. The predicted octanol–water partition coefficient (Wildman–Crippen LogP) is 4.05. The number of halogens is 1. The Labute approximate surface area is 133 Å². The number of imidazole rings is 1. The summed E-state index contributed by atoms with van der Waals surface area (Å²) in [6.07, 6.45) is 3.87. The second kappa shape index (κ2) is 6.89. The number of hydrogen-bond acceptors (Lipinski definition) is 3. The summed E-state index contributed by atoms with van der Waals surface area (Å²) in [6.45, 7) is 2.64. The van der Waals surface area contributed by atoms with Gasteiger partial charge in [-0.15, -0.1) is 11.3 Å². The molecule has 2 heterocycles. The van der Waals surface area contributed by atoms with Gasteiger partial charge in [-0.05, 0) is 12.1 Å². The standard InChI is InChI=1S/C16H16ClN3S/c17-15-7-6-14(21-15)12-18-8-10-20-11-9-19-16(20)13-4-2-1-3-5-13/h1-7,9,11,18H,8,10,12H2. The van der Waals surface area contributed by atoms with Crippen molar-refractivity contribution in [1.29, 1.82) is 0 Å². The smallest absolute Gasteiger partial charge is 0.139 e. The molecule has 3 nitrogen and oxygen atoms in total. The van der Waals surface area contributed by atoms with Crippen LogP contribution in [0.25, 0.3) is 11.4 Å². The van der Waals surface area contributed by atoms with E-state index in [-0.39, 0.29) is 0 Å². The van der Waals surface area contributed by atoms with E-state index in [0.717, 1.165) is 35.4 Å². The minimum absolute atomic E-state index is 0.841. The van der Waals surface area contributed by atoms with Crippen molar-refractivity contribution in [3.8, 4) is 11.4 Å². The van der Waals surface area contributed by atoms with Crippen LogP contribution in [0.3, 0.4) is 0 Å². The van der Waals surface area contributed by atoms with E-state index in [2.05, 4.69) is 33.1 Å². The van der Waals surface area contributed by atoms with Crippen LogP contribution in [0.15, 0.2) is 54.9 Å². The summed E-state index contributed by atoms with van der Waals surface area (Å²) in [5.41, 5.74) is 1.15. The largest absolute Gasteiger partial charge is 0.330 e. The number of benzene rings is 1. The molecule has 1 N–H and O–H groups in total. The normalized spacial score (nSPS) is 10.9. The lowest BCUT2D eigenvalue weighted by Crippen LogP contribution is -2.19. The van der Waals surface area contributed by atoms with Crippen LogP contribution in [0.1, 0.15) is 4.88 Å². The lowest BCUT2D eigenvalue weighted by molar-refractivity contribution is 0.604. The molecule has 2 aromatic heterocycles. The van der Waals surface area contributed by atoms with Crippen molar-refractivity contribution in [2.75, 3.05) is 6.54 Å². The van der Waals surface area contributed by atoms with Gasteiger partial charge in [-0.25, -0.2) is 4.98 Å². The average Bonchev–Trinajstić information content (AvgIpc) is 3.13. The summed E-state index contributed by atoms with van der Waals surface area (Å²) in [5.74, 6) is 1.01. The van der Waals surface area contributed by atoms with Crippen LogP contribution < -0.4 is 5.32 Å². The molecule has 0 aliphatic carbocycles. The Bertz CT molecular complexity index is 690. The van der Waals surface area contributed by atoms with Crippen molar-refractivity contribution in [2.24, 2.45) is 0 Å². The van der Waals surface area contributed by atoms with Crippen LogP contribution >= 0.6 is 22.9 Å². The Kier molecular flexibility index (Phi) is 4.70. The van der Waals surface area contributed by atoms with Gasteiger partial charge in [0.2, 0.25) is 0 Å². The quantitative estimate of drug-likeness (QED) is 0.695. The molecule has 0 atom stereocenters. The number of hydrogen-bond donors (Lipinski definition) is 1. The molecule has 0 spiro atoms. The van der Waals surface area contributed by atoms with Gasteiger partial charge in [0.25, 0.3) is 0 Å². The lowest BCUT2D eigenvalue weighted by Gasteiger charge is -2.08. The Morgan fingerprint density at radius 1 is 1.14 bits per heavy atom. The zero-order valence-corrected chi connectivity index (χ0v) is 13.1.